The standard InChI is InChI=1S/C11H12ClN5/c1-6-5-9(17-16-6)14-10-7-3-2-4-8(7)13-11(12)15-10/h5H,2-4H2,1H3,(H2,13,14,15,16,17). The van der Waals surface area contributed by atoms with Crippen molar-refractivity contribution in [3.05, 3.63) is 28.3 Å². The molecule has 17 heavy (non-hydrogen) atoms. The largest absolute Gasteiger partial charge is 0.323 e. The van der Waals surface area contributed by atoms with Gasteiger partial charge in [0.15, 0.2) is 5.82 Å². The Morgan fingerprint density at radius 3 is 3.00 bits per heavy atom. The van der Waals surface area contributed by atoms with Crippen LogP contribution in [0.15, 0.2) is 6.07 Å². The van der Waals surface area contributed by atoms with E-state index in [0.29, 0.717) is 5.28 Å². The molecule has 0 aliphatic heterocycles. The number of aromatic amines is 1. The first kappa shape index (κ1) is 10.5. The van der Waals surface area contributed by atoms with Crippen LogP contribution in [0.25, 0.3) is 0 Å². The summed E-state index contributed by atoms with van der Waals surface area (Å²) in [6, 6.07) is 1.93. The van der Waals surface area contributed by atoms with Crippen LogP contribution in [0.5, 0.6) is 0 Å². The smallest absolute Gasteiger partial charge is 0.224 e. The molecule has 5 nitrogen and oxygen atoms in total. The molecular formula is C11H12ClN5. The van der Waals surface area contributed by atoms with Gasteiger partial charge in [0, 0.05) is 17.3 Å². The van der Waals surface area contributed by atoms with Crippen molar-refractivity contribution >= 4 is 23.2 Å². The molecule has 0 amide bonds. The van der Waals surface area contributed by atoms with Crippen LogP contribution in [0.3, 0.4) is 0 Å². The van der Waals surface area contributed by atoms with E-state index in [0.717, 1.165) is 47.8 Å². The van der Waals surface area contributed by atoms with Crippen LogP contribution in [0.2, 0.25) is 5.28 Å². The fourth-order valence-electron chi connectivity index (χ4n) is 2.11. The molecule has 3 rings (SSSR count). The fourth-order valence-corrected chi connectivity index (χ4v) is 2.30. The van der Waals surface area contributed by atoms with Crippen LogP contribution < -0.4 is 5.32 Å². The topological polar surface area (TPSA) is 66.5 Å². The summed E-state index contributed by atoms with van der Waals surface area (Å²) in [7, 11) is 0. The SMILES string of the molecule is Cc1cc(Nc2nc(Cl)nc3c2CCC3)n[nH]1. The van der Waals surface area contributed by atoms with Crippen molar-refractivity contribution in [1.29, 1.82) is 0 Å². The van der Waals surface area contributed by atoms with E-state index in [1.165, 1.54) is 0 Å². The average molecular weight is 250 g/mol. The quantitative estimate of drug-likeness (QED) is 0.802. The Balaban J connectivity index is 1.98. The summed E-state index contributed by atoms with van der Waals surface area (Å²) in [6.07, 6.45) is 3.09. The summed E-state index contributed by atoms with van der Waals surface area (Å²) < 4.78 is 0. The van der Waals surface area contributed by atoms with Crippen LogP contribution in [-0.2, 0) is 12.8 Å². The summed E-state index contributed by atoms with van der Waals surface area (Å²) in [4.78, 5) is 8.49. The van der Waals surface area contributed by atoms with E-state index in [9.17, 15) is 0 Å². The van der Waals surface area contributed by atoms with E-state index in [1.807, 2.05) is 13.0 Å². The highest BCUT2D eigenvalue weighted by molar-refractivity contribution is 6.28. The summed E-state index contributed by atoms with van der Waals surface area (Å²) in [5.41, 5.74) is 3.22. The van der Waals surface area contributed by atoms with E-state index < -0.39 is 0 Å². The minimum atomic E-state index is 0.292. The Kier molecular flexibility index (Phi) is 2.48. The van der Waals surface area contributed by atoms with Crippen molar-refractivity contribution in [3.63, 3.8) is 0 Å². The first-order chi connectivity index (χ1) is 8.22. The molecule has 0 saturated carbocycles. The Bertz CT molecular complexity index is 563. The minimum Gasteiger partial charge on any atom is -0.323 e. The Labute approximate surface area is 104 Å². The molecular weight excluding hydrogens is 238 g/mol. The third-order valence-corrected chi connectivity index (χ3v) is 3.03. The molecule has 2 heterocycles. The summed E-state index contributed by atoms with van der Waals surface area (Å²) >= 11 is 5.91. The Hall–Kier alpha value is -1.62. The lowest BCUT2D eigenvalue weighted by Gasteiger charge is -2.07. The average Bonchev–Trinajstić information content (AvgIpc) is 2.87. The third kappa shape index (κ3) is 1.98. The number of fused-ring (bicyclic) bond motifs is 1. The molecule has 1 aliphatic rings. The van der Waals surface area contributed by atoms with Crippen molar-refractivity contribution in [3.8, 4) is 0 Å². The second-order valence-electron chi connectivity index (χ2n) is 4.18. The van der Waals surface area contributed by atoms with Crippen molar-refractivity contribution in [1.82, 2.24) is 20.2 Å². The molecule has 2 N–H and O–H groups in total. The van der Waals surface area contributed by atoms with Gasteiger partial charge >= 0.3 is 0 Å². The van der Waals surface area contributed by atoms with Gasteiger partial charge in [-0.25, -0.2) is 9.97 Å². The highest BCUT2D eigenvalue weighted by atomic mass is 35.5. The minimum absolute atomic E-state index is 0.292. The molecule has 0 saturated heterocycles. The normalized spacial score (nSPS) is 13.8. The van der Waals surface area contributed by atoms with Crippen molar-refractivity contribution in [2.75, 3.05) is 5.32 Å². The number of nitrogens with zero attached hydrogens (tertiary/aromatic N) is 3. The van der Waals surface area contributed by atoms with Crippen LogP contribution in [0, 0.1) is 6.92 Å². The number of aryl methyl sites for hydroxylation is 2. The third-order valence-electron chi connectivity index (χ3n) is 2.86. The summed E-state index contributed by atoms with van der Waals surface area (Å²) in [5.74, 6) is 1.54. The zero-order valence-corrected chi connectivity index (χ0v) is 10.2. The molecule has 0 radical (unpaired) electrons. The van der Waals surface area contributed by atoms with Gasteiger partial charge in [0.05, 0.1) is 5.69 Å². The van der Waals surface area contributed by atoms with Gasteiger partial charge in [0.1, 0.15) is 5.82 Å². The second-order valence-corrected chi connectivity index (χ2v) is 4.52. The van der Waals surface area contributed by atoms with Crippen molar-refractivity contribution in [2.45, 2.75) is 26.2 Å². The van der Waals surface area contributed by atoms with Crippen molar-refractivity contribution in [2.24, 2.45) is 0 Å². The van der Waals surface area contributed by atoms with Gasteiger partial charge in [-0.1, -0.05) is 0 Å². The van der Waals surface area contributed by atoms with Gasteiger partial charge in [0.25, 0.3) is 0 Å². The molecule has 0 bridgehead atoms. The first-order valence-corrected chi connectivity index (χ1v) is 5.94. The van der Waals surface area contributed by atoms with E-state index in [-0.39, 0.29) is 0 Å². The highest BCUT2D eigenvalue weighted by Crippen LogP contribution is 2.28. The molecule has 0 aromatic carbocycles. The molecule has 1 aliphatic carbocycles. The number of anilines is 2. The maximum Gasteiger partial charge on any atom is 0.224 e. The van der Waals surface area contributed by atoms with E-state index in [2.05, 4.69) is 25.5 Å². The van der Waals surface area contributed by atoms with Crippen molar-refractivity contribution < 1.29 is 0 Å². The Morgan fingerprint density at radius 2 is 2.24 bits per heavy atom. The van der Waals surface area contributed by atoms with E-state index in [1.54, 1.807) is 0 Å². The maximum absolute atomic E-state index is 5.91. The number of hydrogen-bond acceptors (Lipinski definition) is 4. The molecule has 0 unspecified atom stereocenters. The predicted octanol–water partition coefficient (Wildman–Crippen LogP) is 2.39. The lowest BCUT2D eigenvalue weighted by atomic mass is 10.2. The predicted molar refractivity (Wildman–Crippen MR) is 65.7 cm³/mol. The van der Waals surface area contributed by atoms with Crippen LogP contribution >= 0.6 is 11.6 Å². The van der Waals surface area contributed by atoms with Gasteiger partial charge in [0.2, 0.25) is 5.28 Å². The van der Waals surface area contributed by atoms with Gasteiger partial charge in [-0.15, -0.1) is 0 Å². The van der Waals surface area contributed by atoms with E-state index >= 15 is 0 Å². The van der Waals surface area contributed by atoms with Gasteiger partial charge in [-0.3, -0.25) is 5.10 Å². The molecule has 0 spiro atoms. The Morgan fingerprint density at radius 1 is 1.35 bits per heavy atom. The first-order valence-electron chi connectivity index (χ1n) is 5.57. The van der Waals surface area contributed by atoms with Gasteiger partial charge < -0.3 is 5.32 Å². The molecule has 0 atom stereocenters. The van der Waals surface area contributed by atoms with Crippen LogP contribution in [0.1, 0.15) is 23.4 Å². The number of H-pyrrole nitrogens is 1. The maximum atomic E-state index is 5.91. The summed E-state index contributed by atoms with van der Waals surface area (Å²) in [5, 5.41) is 10.5. The van der Waals surface area contributed by atoms with Crippen LogP contribution in [-0.4, -0.2) is 20.2 Å². The number of rotatable bonds is 2. The molecule has 6 heteroatoms. The number of halogens is 1. The number of hydrogen-bond donors (Lipinski definition) is 2. The highest BCUT2D eigenvalue weighted by Gasteiger charge is 2.19. The van der Waals surface area contributed by atoms with E-state index in [4.69, 9.17) is 11.6 Å². The van der Waals surface area contributed by atoms with Gasteiger partial charge in [-0.05, 0) is 37.8 Å². The monoisotopic (exact) mass is 249 g/mol. The van der Waals surface area contributed by atoms with Gasteiger partial charge in [-0.2, -0.15) is 5.10 Å². The fraction of sp³-hybridized carbons (Fsp3) is 0.364. The molecule has 2 aromatic heterocycles. The lowest BCUT2D eigenvalue weighted by molar-refractivity contribution is 0.899. The van der Waals surface area contributed by atoms with Crippen LogP contribution in [0.4, 0.5) is 11.6 Å². The second kappa shape index (κ2) is 4.00. The lowest BCUT2D eigenvalue weighted by Crippen LogP contribution is -2.02. The number of nitrogens with one attached hydrogen (secondary N) is 2. The molecule has 0 fully saturated rings. The zero-order chi connectivity index (χ0) is 11.8. The summed E-state index contributed by atoms with van der Waals surface area (Å²) in [6.45, 7) is 1.95. The molecule has 2 aromatic rings. The zero-order valence-electron chi connectivity index (χ0n) is 9.42. The number of aromatic nitrogens is 4. The molecule has 88 valence electrons.